The average Bonchev–Trinajstić information content (AvgIpc) is 3.29. The van der Waals surface area contributed by atoms with Crippen LogP contribution in [0.15, 0.2) is 36.4 Å². The van der Waals surface area contributed by atoms with Crippen molar-refractivity contribution >= 4 is 44.7 Å². The predicted molar refractivity (Wildman–Crippen MR) is 86.7 cm³/mol. The summed E-state index contributed by atoms with van der Waals surface area (Å²) >= 11 is 12.3. The minimum absolute atomic E-state index is 0.0734. The molecule has 3 aromatic carbocycles. The van der Waals surface area contributed by atoms with Gasteiger partial charge in [0.15, 0.2) is 0 Å². The minimum atomic E-state index is 0.0734. The van der Waals surface area contributed by atoms with Gasteiger partial charge >= 0.3 is 0 Å². The van der Waals surface area contributed by atoms with Crippen molar-refractivity contribution in [2.45, 2.75) is 6.10 Å². The zero-order chi connectivity index (χ0) is 14.6. The van der Waals surface area contributed by atoms with E-state index >= 15 is 0 Å². The zero-order valence-electron chi connectivity index (χ0n) is 11.3. The summed E-state index contributed by atoms with van der Waals surface area (Å²) in [6.45, 7) is 0.712. The molecule has 106 valence electrons. The number of fused-ring (bicyclic) bond motifs is 3. The molecular weight excluding hydrogens is 307 g/mol. The van der Waals surface area contributed by atoms with E-state index in [0.717, 1.165) is 32.9 Å². The maximum absolute atomic E-state index is 6.18. The van der Waals surface area contributed by atoms with Crippen LogP contribution in [0.5, 0.6) is 5.75 Å². The van der Waals surface area contributed by atoms with Crippen molar-refractivity contribution in [3.05, 3.63) is 52.0 Å². The summed E-state index contributed by atoms with van der Waals surface area (Å²) < 4.78 is 11.2. The van der Waals surface area contributed by atoms with Crippen molar-refractivity contribution < 1.29 is 9.47 Å². The Labute approximate surface area is 132 Å². The summed E-state index contributed by atoms with van der Waals surface area (Å²) in [4.78, 5) is 0. The van der Waals surface area contributed by atoms with Crippen molar-refractivity contribution in [2.24, 2.45) is 0 Å². The molecule has 0 N–H and O–H groups in total. The fraction of sp³-hybridized carbons (Fsp3) is 0.176. The Morgan fingerprint density at radius 1 is 0.952 bits per heavy atom. The summed E-state index contributed by atoms with van der Waals surface area (Å²) in [5.41, 5.74) is 1.06. The van der Waals surface area contributed by atoms with Crippen LogP contribution in [0, 0.1) is 0 Å². The molecule has 0 amide bonds. The van der Waals surface area contributed by atoms with Gasteiger partial charge in [-0.3, -0.25) is 0 Å². The van der Waals surface area contributed by atoms with Gasteiger partial charge in [0.05, 0.1) is 13.7 Å². The van der Waals surface area contributed by atoms with Crippen LogP contribution in [0.25, 0.3) is 21.5 Å². The third-order valence-corrected chi connectivity index (χ3v) is 4.36. The normalized spacial score (nSPS) is 17.4. The summed E-state index contributed by atoms with van der Waals surface area (Å²) in [5, 5.41) is 5.73. The Kier molecular flexibility index (Phi) is 3.00. The predicted octanol–water partition coefficient (Wildman–Crippen LogP) is 5.38. The number of hydrogen-bond acceptors (Lipinski definition) is 2. The molecule has 2 nitrogen and oxygen atoms in total. The van der Waals surface area contributed by atoms with Crippen LogP contribution in [0.2, 0.25) is 10.0 Å². The first-order valence-corrected chi connectivity index (χ1v) is 7.44. The molecule has 0 aromatic heterocycles. The van der Waals surface area contributed by atoms with Gasteiger partial charge in [-0.05, 0) is 40.4 Å². The summed E-state index contributed by atoms with van der Waals surface area (Å²) in [6, 6.07) is 11.8. The molecule has 0 radical (unpaired) electrons. The molecule has 1 aliphatic heterocycles. The van der Waals surface area contributed by atoms with E-state index in [1.165, 1.54) is 0 Å². The highest BCUT2D eigenvalue weighted by Crippen LogP contribution is 2.47. The van der Waals surface area contributed by atoms with Crippen LogP contribution < -0.4 is 4.74 Å². The van der Waals surface area contributed by atoms with Crippen LogP contribution in [-0.4, -0.2) is 13.7 Å². The lowest BCUT2D eigenvalue weighted by atomic mass is 9.94. The largest absolute Gasteiger partial charge is 0.496 e. The van der Waals surface area contributed by atoms with E-state index in [9.17, 15) is 0 Å². The molecule has 21 heavy (non-hydrogen) atoms. The van der Waals surface area contributed by atoms with E-state index in [4.69, 9.17) is 32.7 Å². The first-order valence-electron chi connectivity index (χ1n) is 6.69. The fourth-order valence-electron chi connectivity index (χ4n) is 2.94. The molecule has 1 heterocycles. The second-order valence-corrected chi connectivity index (χ2v) is 6.02. The van der Waals surface area contributed by atoms with E-state index < -0.39 is 0 Å². The van der Waals surface area contributed by atoms with Gasteiger partial charge in [-0.1, -0.05) is 35.3 Å². The van der Waals surface area contributed by atoms with Crippen molar-refractivity contribution in [2.75, 3.05) is 13.7 Å². The third-order valence-electron chi connectivity index (χ3n) is 3.89. The Morgan fingerprint density at radius 3 is 2.10 bits per heavy atom. The molecule has 1 aliphatic rings. The van der Waals surface area contributed by atoms with Gasteiger partial charge in [0.1, 0.15) is 11.9 Å². The van der Waals surface area contributed by atoms with Crippen molar-refractivity contribution in [3.63, 3.8) is 0 Å². The van der Waals surface area contributed by atoms with Gasteiger partial charge in [-0.25, -0.2) is 0 Å². The lowest BCUT2D eigenvalue weighted by Gasteiger charge is -2.15. The molecular formula is C17H12Cl2O2. The zero-order valence-corrected chi connectivity index (χ0v) is 12.8. The molecule has 1 atom stereocenters. The van der Waals surface area contributed by atoms with Crippen molar-refractivity contribution in [1.29, 1.82) is 0 Å². The number of hydrogen-bond donors (Lipinski definition) is 0. The summed E-state index contributed by atoms with van der Waals surface area (Å²) in [5.74, 6) is 0.824. The Morgan fingerprint density at radius 2 is 1.52 bits per heavy atom. The van der Waals surface area contributed by atoms with Crippen molar-refractivity contribution in [1.82, 2.24) is 0 Å². The topological polar surface area (TPSA) is 21.8 Å². The molecule has 0 spiro atoms. The number of ether oxygens (including phenoxy) is 2. The quantitative estimate of drug-likeness (QED) is 0.467. The Bertz CT molecular complexity index is 870. The highest BCUT2D eigenvalue weighted by atomic mass is 35.5. The van der Waals surface area contributed by atoms with E-state index in [2.05, 4.69) is 0 Å². The highest BCUT2D eigenvalue weighted by Gasteiger charge is 2.31. The van der Waals surface area contributed by atoms with Crippen LogP contribution in [-0.2, 0) is 4.74 Å². The van der Waals surface area contributed by atoms with Crippen LogP contribution in [0.4, 0.5) is 0 Å². The van der Waals surface area contributed by atoms with Gasteiger partial charge in [-0.15, -0.1) is 0 Å². The van der Waals surface area contributed by atoms with E-state index in [1.54, 1.807) is 7.11 Å². The lowest BCUT2D eigenvalue weighted by Crippen LogP contribution is -1.95. The third kappa shape index (κ3) is 2.06. The maximum atomic E-state index is 6.18. The molecule has 1 fully saturated rings. The molecule has 0 bridgehead atoms. The van der Waals surface area contributed by atoms with Crippen molar-refractivity contribution in [3.8, 4) is 5.75 Å². The van der Waals surface area contributed by atoms with Crippen LogP contribution in [0.1, 0.15) is 11.7 Å². The number of methoxy groups -OCH3 is 1. The monoisotopic (exact) mass is 318 g/mol. The van der Waals surface area contributed by atoms with Gasteiger partial charge in [0, 0.05) is 21.0 Å². The Balaban J connectivity index is 2.25. The second-order valence-electron chi connectivity index (χ2n) is 5.15. The van der Waals surface area contributed by atoms with E-state index in [0.29, 0.717) is 16.7 Å². The summed E-state index contributed by atoms with van der Waals surface area (Å²) in [7, 11) is 1.68. The number of halogens is 2. The lowest BCUT2D eigenvalue weighted by molar-refractivity contribution is 0.388. The molecule has 4 rings (SSSR count). The standard InChI is InChI=1S/C17H12Cl2O2/c1-20-17-14-7-10(19)3-5-12(14)11-4-2-9(18)6-13(11)16(17)15-8-21-15/h2-7,15H,8H2,1H3/t15-/m0/s1. The summed E-state index contributed by atoms with van der Waals surface area (Å²) in [6.07, 6.45) is 0.0734. The first kappa shape index (κ1) is 13.2. The number of benzene rings is 3. The van der Waals surface area contributed by atoms with Crippen LogP contribution in [0.3, 0.4) is 0 Å². The van der Waals surface area contributed by atoms with Crippen LogP contribution >= 0.6 is 23.2 Å². The second kappa shape index (κ2) is 4.77. The number of rotatable bonds is 2. The molecule has 0 saturated carbocycles. The SMILES string of the molecule is COc1c([C@@H]2CO2)c2cc(Cl)ccc2c2ccc(Cl)cc12. The smallest absolute Gasteiger partial charge is 0.133 e. The fourth-order valence-corrected chi connectivity index (χ4v) is 3.28. The van der Waals surface area contributed by atoms with Gasteiger partial charge in [0.25, 0.3) is 0 Å². The number of epoxide rings is 1. The van der Waals surface area contributed by atoms with E-state index in [-0.39, 0.29) is 6.10 Å². The van der Waals surface area contributed by atoms with Gasteiger partial charge in [-0.2, -0.15) is 0 Å². The van der Waals surface area contributed by atoms with Gasteiger partial charge in [0.2, 0.25) is 0 Å². The average molecular weight is 319 g/mol. The minimum Gasteiger partial charge on any atom is -0.496 e. The van der Waals surface area contributed by atoms with Gasteiger partial charge < -0.3 is 9.47 Å². The highest BCUT2D eigenvalue weighted by molar-refractivity contribution is 6.33. The first-order chi connectivity index (χ1) is 10.2. The maximum Gasteiger partial charge on any atom is 0.133 e. The molecule has 0 aliphatic carbocycles. The Hall–Kier alpha value is -1.48. The molecule has 1 saturated heterocycles. The molecule has 4 heteroatoms. The molecule has 0 unspecified atom stereocenters. The molecule has 3 aromatic rings. The van der Waals surface area contributed by atoms with E-state index in [1.807, 2.05) is 36.4 Å².